The predicted octanol–water partition coefficient (Wildman–Crippen LogP) is 3.39. The number of fused-ring (bicyclic) bond motifs is 1. The second kappa shape index (κ2) is 7.70. The van der Waals surface area contributed by atoms with Crippen molar-refractivity contribution >= 4 is 16.9 Å². The van der Waals surface area contributed by atoms with Crippen LogP contribution in [-0.4, -0.2) is 29.1 Å². The number of carbonyl (C=O) groups is 1. The van der Waals surface area contributed by atoms with Crippen LogP contribution in [0.2, 0.25) is 0 Å². The summed E-state index contributed by atoms with van der Waals surface area (Å²) >= 11 is 0. The number of benzene rings is 2. The van der Waals surface area contributed by atoms with Crippen molar-refractivity contribution in [3.05, 3.63) is 66.0 Å². The van der Waals surface area contributed by atoms with Gasteiger partial charge in [-0.2, -0.15) is 0 Å². The van der Waals surface area contributed by atoms with Crippen LogP contribution in [0.5, 0.6) is 0 Å². The fraction of sp³-hybridized carbons (Fsp3) is 0.333. The molecule has 3 aromatic rings. The first-order valence-electron chi connectivity index (χ1n) is 9.16. The van der Waals surface area contributed by atoms with E-state index in [0.29, 0.717) is 19.6 Å². The Morgan fingerprint density at radius 2 is 1.85 bits per heavy atom. The van der Waals surface area contributed by atoms with E-state index in [9.17, 15) is 4.79 Å². The van der Waals surface area contributed by atoms with Gasteiger partial charge in [-0.05, 0) is 37.0 Å². The second-order valence-electron chi connectivity index (χ2n) is 6.78. The lowest BCUT2D eigenvalue weighted by Gasteiger charge is -2.24. The molecular weight excluding hydrogens is 326 g/mol. The quantitative estimate of drug-likeness (QED) is 0.742. The number of H-pyrrole nitrogens is 1. The van der Waals surface area contributed by atoms with E-state index in [1.165, 1.54) is 5.56 Å². The molecule has 1 amide bonds. The minimum Gasteiger partial charge on any atom is -0.381 e. The summed E-state index contributed by atoms with van der Waals surface area (Å²) in [4.78, 5) is 20.9. The number of imidazole rings is 1. The van der Waals surface area contributed by atoms with Gasteiger partial charge >= 0.3 is 0 Å². The highest BCUT2D eigenvalue weighted by atomic mass is 16.5. The van der Waals surface area contributed by atoms with Crippen LogP contribution in [0.1, 0.15) is 30.3 Å². The maximum Gasteiger partial charge on any atom is 0.223 e. The van der Waals surface area contributed by atoms with Crippen molar-refractivity contribution in [2.75, 3.05) is 13.2 Å². The summed E-state index contributed by atoms with van der Waals surface area (Å²) in [5, 5.41) is 3.22. The van der Waals surface area contributed by atoms with E-state index in [1.54, 1.807) is 0 Å². The molecule has 134 valence electrons. The number of hydrogen-bond acceptors (Lipinski definition) is 3. The zero-order chi connectivity index (χ0) is 17.8. The van der Waals surface area contributed by atoms with Crippen molar-refractivity contribution in [1.82, 2.24) is 15.3 Å². The first-order chi connectivity index (χ1) is 12.8. The Bertz CT molecular complexity index is 836. The lowest BCUT2D eigenvalue weighted by Crippen LogP contribution is -2.37. The van der Waals surface area contributed by atoms with Gasteiger partial charge in [0.15, 0.2) is 0 Å². The van der Waals surface area contributed by atoms with Gasteiger partial charge in [-0.1, -0.05) is 42.5 Å². The third kappa shape index (κ3) is 3.78. The smallest absolute Gasteiger partial charge is 0.223 e. The first-order valence-corrected chi connectivity index (χ1v) is 9.16. The summed E-state index contributed by atoms with van der Waals surface area (Å²) in [6.07, 6.45) is 2.27. The van der Waals surface area contributed by atoms with Gasteiger partial charge in [-0.15, -0.1) is 0 Å². The van der Waals surface area contributed by atoms with E-state index in [0.717, 1.165) is 29.7 Å². The molecule has 0 unspecified atom stereocenters. The topological polar surface area (TPSA) is 67.0 Å². The van der Waals surface area contributed by atoms with Gasteiger partial charge in [0, 0.05) is 19.1 Å². The highest BCUT2D eigenvalue weighted by Gasteiger charge is 2.26. The maximum absolute atomic E-state index is 12.8. The van der Waals surface area contributed by atoms with Crippen LogP contribution in [-0.2, 0) is 16.0 Å². The number of ether oxygens (including phenoxy) is 1. The zero-order valence-corrected chi connectivity index (χ0v) is 14.7. The van der Waals surface area contributed by atoms with Crippen LogP contribution < -0.4 is 5.32 Å². The van der Waals surface area contributed by atoms with Crippen LogP contribution in [0.3, 0.4) is 0 Å². The SMILES string of the molecule is O=C(N[C@H](Cc1ccccc1)c1nc2ccccc2[nH]1)C1CCOCC1. The molecule has 2 heterocycles. The number of carbonyl (C=O) groups excluding carboxylic acids is 1. The van der Waals surface area contributed by atoms with Crippen molar-refractivity contribution in [2.24, 2.45) is 5.92 Å². The summed E-state index contributed by atoms with van der Waals surface area (Å²) in [7, 11) is 0. The van der Waals surface area contributed by atoms with E-state index in [2.05, 4.69) is 22.4 Å². The van der Waals surface area contributed by atoms with Crippen molar-refractivity contribution in [3.8, 4) is 0 Å². The molecule has 5 heteroatoms. The molecule has 1 fully saturated rings. The third-order valence-electron chi connectivity index (χ3n) is 4.93. The van der Waals surface area contributed by atoms with Crippen LogP contribution >= 0.6 is 0 Å². The number of para-hydroxylation sites is 2. The molecule has 0 aliphatic carbocycles. The fourth-order valence-corrected chi connectivity index (χ4v) is 3.45. The van der Waals surface area contributed by atoms with Crippen molar-refractivity contribution in [2.45, 2.75) is 25.3 Å². The Balaban J connectivity index is 1.59. The van der Waals surface area contributed by atoms with E-state index in [1.807, 2.05) is 42.5 Å². The molecule has 4 rings (SSSR count). The number of rotatable bonds is 5. The highest BCUT2D eigenvalue weighted by molar-refractivity contribution is 5.79. The number of nitrogens with zero attached hydrogens (tertiary/aromatic N) is 1. The molecule has 1 aliphatic heterocycles. The van der Waals surface area contributed by atoms with Gasteiger partial charge < -0.3 is 15.0 Å². The van der Waals surface area contributed by atoms with Crippen molar-refractivity contribution in [1.29, 1.82) is 0 Å². The molecule has 26 heavy (non-hydrogen) atoms. The molecule has 1 saturated heterocycles. The van der Waals surface area contributed by atoms with Crippen LogP contribution in [0, 0.1) is 5.92 Å². The number of hydrogen-bond donors (Lipinski definition) is 2. The van der Waals surface area contributed by atoms with E-state index in [4.69, 9.17) is 9.72 Å². The summed E-state index contributed by atoms with van der Waals surface area (Å²) in [5.41, 5.74) is 3.08. The van der Waals surface area contributed by atoms with Gasteiger partial charge in [0.2, 0.25) is 5.91 Å². The van der Waals surface area contributed by atoms with Gasteiger partial charge in [0.25, 0.3) is 0 Å². The largest absolute Gasteiger partial charge is 0.381 e. The molecule has 5 nitrogen and oxygen atoms in total. The number of aromatic nitrogens is 2. The Morgan fingerprint density at radius 1 is 1.12 bits per heavy atom. The third-order valence-corrected chi connectivity index (χ3v) is 4.93. The molecule has 1 aliphatic rings. The molecule has 0 radical (unpaired) electrons. The summed E-state index contributed by atoms with van der Waals surface area (Å²) < 4.78 is 5.38. The Labute approximate surface area is 152 Å². The molecule has 1 atom stereocenters. The fourth-order valence-electron chi connectivity index (χ4n) is 3.45. The predicted molar refractivity (Wildman–Crippen MR) is 101 cm³/mol. The number of aromatic amines is 1. The minimum absolute atomic E-state index is 0.0198. The summed E-state index contributed by atoms with van der Waals surface area (Å²) in [6, 6.07) is 18.0. The average Bonchev–Trinajstić information content (AvgIpc) is 3.13. The molecule has 2 N–H and O–H groups in total. The van der Waals surface area contributed by atoms with Crippen molar-refractivity contribution in [3.63, 3.8) is 0 Å². The Kier molecular flexibility index (Phi) is 4.97. The lowest BCUT2D eigenvalue weighted by molar-refractivity contribution is -0.128. The highest BCUT2D eigenvalue weighted by Crippen LogP contribution is 2.22. The van der Waals surface area contributed by atoms with E-state index in [-0.39, 0.29) is 17.9 Å². The molecular formula is C21H23N3O2. The van der Waals surface area contributed by atoms with Gasteiger partial charge in [-0.25, -0.2) is 4.98 Å². The van der Waals surface area contributed by atoms with Gasteiger partial charge in [0.1, 0.15) is 5.82 Å². The molecule has 0 bridgehead atoms. The normalized spacial score (nSPS) is 16.5. The zero-order valence-electron chi connectivity index (χ0n) is 14.7. The number of amides is 1. The Hall–Kier alpha value is -2.66. The lowest BCUT2D eigenvalue weighted by atomic mass is 9.98. The monoisotopic (exact) mass is 349 g/mol. The van der Waals surface area contributed by atoms with Gasteiger partial charge in [-0.3, -0.25) is 4.79 Å². The van der Waals surface area contributed by atoms with E-state index >= 15 is 0 Å². The number of nitrogens with one attached hydrogen (secondary N) is 2. The summed E-state index contributed by atoms with van der Waals surface area (Å²) in [5.74, 6) is 0.913. The molecule has 0 spiro atoms. The average molecular weight is 349 g/mol. The minimum atomic E-state index is -0.180. The Morgan fingerprint density at radius 3 is 2.62 bits per heavy atom. The second-order valence-corrected chi connectivity index (χ2v) is 6.78. The summed E-state index contributed by atoms with van der Waals surface area (Å²) in [6.45, 7) is 1.32. The first kappa shape index (κ1) is 16.8. The molecule has 0 saturated carbocycles. The van der Waals surface area contributed by atoms with Gasteiger partial charge in [0.05, 0.1) is 17.1 Å². The van der Waals surface area contributed by atoms with Crippen molar-refractivity contribution < 1.29 is 9.53 Å². The van der Waals surface area contributed by atoms with Crippen LogP contribution in [0.15, 0.2) is 54.6 Å². The molecule has 2 aromatic carbocycles. The maximum atomic E-state index is 12.8. The molecule has 1 aromatic heterocycles. The van der Waals surface area contributed by atoms with E-state index < -0.39 is 0 Å². The standard InChI is InChI=1S/C21H23N3O2/c25-21(16-10-12-26-13-11-16)24-19(14-15-6-2-1-3-7-15)20-22-17-8-4-5-9-18(17)23-20/h1-9,16,19H,10-14H2,(H,22,23)(H,24,25)/t19-/m1/s1. The van der Waals surface area contributed by atoms with Crippen LogP contribution in [0.4, 0.5) is 0 Å². The van der Waals surface area contributed by atoms with Crippen LogP contribution in [0.25, 0.3) is 11.0 Å².